The molecular formula is C26H37N5O6. The summed E-state index contributed by atoms with van der Waals surface area (Å²) in [6, 6.07) is 6.07. The molecule has 1 saturated carbocycles. The lowest BCUT2D eigenvalue weighted by molar-refractivity contribution is -0.188. The first-order valence-electron chi connectivity index (χ1n) is 13.0. The third-order valence-corrected chi connectivity index (χ3v) is 7.59. The Morgan fingerprint density at radius 1 is 1.11 bits per heavy atom. The van der Waals surface area contributed by atoms with Crippen molar-refractivity contribution in [1.29, 1.82) is 0 Å². The summed E-state index contributed by atoms with van der Waals surface area (Å²) in [6.07, 6.45) is 4.63. The summed E-state index contributed by atoms with van der Waals surface area (Å²) in [5.41, 5.74) is 0.888. The maximum absolute atomic E-state index is 13.5. The highest BCUT2D eigenvalue weighted by Gasteiger charge is 2.50. The minimum absolute atomic E-state index is 0.0165. The third kappa shape index (κ3) is 6.15. The van der Waals surface area contributed by atoms with Crippen LogP contribution in [-0.4, -0.2) is 94.7 Å². The lowest BCUT2D eigenvalue weighted by atomic mass is 9.88. The molecule has 1 aliphatic carbocycles. The van der Waals surface area contributed by atoms with Crippen molar-refractivity contribution in [2.24, 2.45) is 5.92 Å². The van der Waals surface area contributed by atoms with Crippen LogP contribution in [0.5, 0.6) is 5.75 Å². The molecule has 2 aliphatic heterocycles. The predicted molar refractivity (Wildman–Crippen MR) is 134 cm³/mol. The normalized spacial score (nSPS) is 23.1. The number of methoxy groups -OCH3 is 1. The van der Waals surface area contributed by atoms with Crippen LogP contribution in [0.3, 0.4) is 0 Å². The number of carboxylic acid groups (broad SMARTS) is 1. The Bertz CT molecular complexity index is 996. The van der Waals surface area contributed by atoms with E-state index in [0.29, 0.717) is 12.5 Å². The summed E-state index contributed by atoms with van der Waals surface area (Å²) >= 11 is 0. The van der Waals surface area contributed by atoms with E-state index >= 15 is 0 Å². The van der Waals surface area contributed by atoms with Gasteiger partial charge >= 0.3 is 12.0 Å². The number of hydrogen-bond acceptors (Lipinski definition) is 6. The van der Waals surface area contributed by atoms with E-state index in [0.717, 1.165) is 37.0 Å². The number of amides is 4. The van der Waals surface area contributed by atoms with E-state index < -0.39 is 18.2 Å². The molecule has 2 N–H and O–H groups in total. The first-order chi connectivity index (χ1) is 17.8. The number of carboxylic acids is 1. The van der Waals surface area contributed by atoms with Gasteiger partial charge < -0.3 is 25.0 Å². The van der Waals surface area contributed by atoms with Crippen LogP contribution in [0.1, 0.15) is 50.5 Å². The van der Waals surface area contributed by atoms with Crippen molar-refractivity contribution in [2.75, 3.05) is 33.8 Å². The number of nitrogens with one attached hydrogen (secondary N) is 1. The maximum Gasteiger partial charge on any atom is 0.334 e. The fourth-order valence-corrected chi connectivity index (χ4v) is 5.69. The molecule has 3 fully saturated rings. The van der Waals surface area contributed by atoms with Crippen LogP contribution in [0.2, 0.25) is 0 Å². The zero-order chi connectivity index (χ0) is 26.5. The second-order valence-electron chi connectivity index (χ2n) is 10.1. The van der Waals surface area contributed by atoms with E-state index in [1.165, 1.54) is 16.3 Å². The quantitative estimate of drug-likeness (QED) is 0.542. The van der Waals surface area contributed by atoms with E-state index in [4.69, 9.17) is 4.74 Å². The van der Waals surface area contributed by atoms with Crippen LogP contribution in [0.15, 0.2) is 24.3 Å². The highest BCUT2D eigenvalue weighted by atomic mass is 16.5. The van der Waals surface area contributed by atoms with Gasteiger partial charge in [0.05, 0.1) is 20.2 Å². The van der Waals surface area contributed by atoms with Crippen molar-refractivity contribution in [3.8, 4) is 5.75 Å². The number of fused-ring (bicyclic) bond motifs is 1. The van der Waals surface area contributed by atoms with Crippen molar-refractivity contribution >= 4 is 23.8 Å². The molecule has 3 aliphatic rings. The number of hydrazine groups is 1. The number of carbonyl (C=O) groups is 4. The summed E-state index contributed by atoms with van der Waals surface area (Å²) < 4.78 is 5.18. The zero-order valence-corrected chi connectivity index (χ0v) is 21.6. The van der Waals surface area contributed by atoms with Gasteiger partial charge in [-0.15, -0.1) is 0 Å². The van der Waals surface area contributed by atoms with Crippen LogP contribution in [0, 0.1) is 5.92 Å². The topological polar surface area (TPSA) is 123 Å². The van der Waals surface area contributed by atoms with Crippen LogP contribution < -0.4 is 10.1 Å². The van der Waals surface area contributed by atoms with E-state index in [9.17, 15) is 24.3 Å². The fraction of sp³-hybridized carbons (Fsp3) is 0.615. The minimum Gasteiger partial charge on any atom is -0.497 e. The van der Waals surface area contributed by atoms with Crippen molar-refractivity contribution < 1.29 is 29.0 Å². The average molecular weight is 516 g/mol. The number of piperazine rings is 1. The molecule has 37 heavy (non-hydrogen) atoms. The molecule has 2 saturated heterocycles. The van der Waals surface area contributed by atoms with Crippen molar-refractivity contribution in [2.45, 2.75) is 63.7 Å². The molecule has 202 valence electrons. The fourth-order valence-electron chi connectivity index (χ4n) is 5.69. The Hall–Kier alpha value is -3.34. The smallest absolute Gasteiger partial charge is 0.334 e. The summed E-state index contributed by atoms with van der Waals surface area (Å²) in [7, 11) is 3.27. The van der Waals surface area contributed by atoms with Gasteiger partial charge in [-0.05, 0) is 42.9 Å². The molecule has 2 heterocycles. The van der Waals surface area contributed by atoms with Gasteiger partial charge in [-0.25, -0.2) is 14.8 Å². The standard InChI is InChI=1S/C26H37N5O6/c1-28-17-23(32)30-21(12-13-24(33)34)25(35)29(15-19-6-4-3-5-7-19)16-22(30)31(28)26(36)27-14-18-8-10-20(37-2)11-9-18/h8-11,19,21-22H,3-7,12-17H2,1-2H3,(H,27,36)(H,33,34)/t21-,22-/m0/s1. The largest absolute Gasteiger partial charge is 0.497 e. The SMILES string of the molecule is COc1ccc(CNC(=O)N2[C@H]3CN(CC4CCCCC4)C(=O)[C@H](CCC(=O)O)N3C(=O)CN2C)cc1. The maximum atomic E-state index is 13.5. The summed E-state index contributed by atoms with van der Waals surface area (Å²) in [5.74, 6) is -0.437. The van der Waals surface area contributed by atoms with Gasteiger partial charge in [-0.3, -0.25) is 14.4 Å². The number of likely N-dealkylation sites (N-methyl/N-ethyl adjacent to an activating group) is 1. The lowest BCUT2D eigenvalue weighted by Crippen LogP contribution is -2.76. The Balaban J connectivity index is 1.54. The molecule has 11 nitrogen and oxygen atoms in total. The number of benzene rings is 1. The second-order valence-corrected chi connectivity index (χ2v) is 10.1. The molecule has 11 heteroatoms. The number of hydrogen-bond donors (Lipinski definition) is 2. The van der Waals surface area contributed by atoms with Gasteiger partial charge in [-0.1, -0.05) is 31.4 Å². The Labute approximate surface area is 217 Å². The van der Waals surface area contributed by atoms with Crippen LogP contribution >= 0.6 is 0 Å². The van der Waals surface area contributed by atoms with E-state index in [1.54, 1.807) is 24.1 Å². The van der Waals surface area contributed by atoms with Gasteiger partial charge in [0.25, 0.3) is 0 Å². The first-order valence-corrected chi connectivity index (χ1v) is 13.0. The molecule has 4 rings (SSSR count). The van der Waals surface area contributed by atoms with E-state index in [2.05, 4.69) is 5.32 Å². The highest BCUT2D eigenvalue weighted by Crippen LogP contribution is 2.31. The van der Waals surface area contributed by atoms with Gasteiger partial charge in [0, 0.05) is 26.6 Å². The molecule has 0 radical (unpaired) electrons. The average Bonchev–Trinajstić information content (AvgIpc) is 2.88. The van der Waals surface area contributed by atoms with E-state index in [1.807, 2.05) is 24.3 Å². The van der Waals surface area contributed by atoms with Crippen LogP contribution in [0.4, 0.5) is 4.79 Å². The predicted octanol–water partition coefficient (Wildman–Crippen LogP) is 1.88. The van der Waals surface area contributed by atoms with Gasteiger partial charge in [0.15, 0.2) is 0 Å². The molecule has 2 atom stereocenters. The number of aliphatic carboxylic acids is 1. The van der Waals surface area contributed by atoms with Crippen molar-refractivity contribution in [3.05, 3.63) is 29.8 Å². The van der Waals surface area contributed by atoms with Crippen molar-refractivity contribution in [3.63, 3.8) is 0 Å². The Morgan fingerprint density at radius 3 is 2.46 bits per heavy atom. The molecule has 1 aromatic carbocycles. The molecule has 1 aromatic rings. The first kappa shape index (κ1) is 26.7. The summed E-state index contributed by atoms with van der Waals surface area (Å²) in [6.45, 7) is 0.962. The Kier molecular flexibility index (Phi) is 8.52. The van der Waals surface area contributed by atoms with Gasteiger partial charge in [0.2, 0.25) is 11.8 Å². The number of ether oxygens (including phenoxy) is 1. The number of urea groups is 1. The highest BCUT2D eigenvalue weighted by molar-refractivity contribution is 5.91. The second kappa shape index (κ2) is 11.8. The monoisotopic (exact) mass is 515 g/mol. The number of nitrogens with zero attached hydrogens (tertiary/aromatic N) is 4. The van der Waals surface area contributed by atoms with Crippen molar-refractivity contribution in [1.82, 2.24) is 25.1 Å². The third-order valence-electron chi connectivity index (χ3n) is 7.59. The molecular weight excluding hydrogens is 478 g/mol. The molecule has 0 spiro atoms. The number of rotatable bonds is 8. The molecule has 0 bridgehead atoms. The summed E-state index contributed by atoms with van der Waals surface area (Å²) in [5, 5.41) is 15.3. The summed E-state index contributed by atoms with van der Waals surface area (Å²) in [4.78, 5) is 54.6. The molecule has 4 amide bonds. The van der Waals surface area contributed by atoms with Gasteiger partial charge in [0.1, 0.15) is 18.0 Å². The van der Waals surface area contributed by atoms with Gasteiger partial charge in [-0.2, -0.15) is 0 Å². The number of carbonyl (C=O) groups excluding carboxylic acids is 3. The molecule has 0 unspecified atom stereocenters. The molecule has 0 aromatic heterocycles. The van der Waals surface area contributed by atoms with E-state index in [-0.39, 0.29) is 50.3 Å². The van der Waals surface area contributed by atoms with Crippen LogP contribution in [-0.2, 0) is 20.9 Å². The van der Waals surface area contributed by atoms with Crippen LogP contribution in [0.25, 0.3) is 0 Å². The lowest BCUT2D eigenvalue weighted by Gasteiger charge is -2.54. The zero-order valence-electron chi connectivity index (χ0n) is 21.6. The Morgan fingerprint density at radius 2 is 1.81 bits per heavy atom. The minimum atomic E-state index is -1.02.